The van der Waals surface area contributed by atoms with Crippen LogP contribution in [0.4, 0.5) is 0 Å². The summed E-state index contributed by atoms with van der Waals surface area (Å²) in [4.78, 5) is 3.89. The van der Waals surface area contributed by atoms with Crippen LogP contribution in [0.1, 0.15) is 5.69 Å². The summed E-state index contributed by atoms with van der Waals surface area (Å²) < 4.78 is 0. The second-order valence-electron chi connectivity index (χ2n) is 1.03. The van der Waals surface area contributed by atoms with E-state index in [0.29, 0.717) is 0 Å². The second-order valence-corrected chi connectivity index (χ2v) is 1.99. The van der Waals surface area contributed by atoms with E-state index in [1.54, 1.807) is 22.2 Å². The van der Waals surface area contributed by atoms with Gasteiger partial charge in [-0.1, -0.05) is 12.2 Å². The zero-order valence-electron chi connectivity index (χ0n) is 3.50. The van der Waals surface area contributed by atoms with Gasteiger partial charge in [0.05, 0.1) is 11.2 Å². The zero-order valence-corrected chi connectivity index (χ0v) is 5.13. The van der Waals surface area contributed by atoms with Crippen molar-refractivity contribution in [1.82, 2.24) is 4.98 Å². The summed E-state index contributed by atoms with van der Waals surface area (Å²) in [5.41, 5.74) is 2.65. The lowest BCUT2D eigenvalue weighted by molar-refractivity contribution is 1.40. The van der Waals surface area contributed by atoms with E-state index in [2.05, 4.69) is 17.2 Å². The van der Waals surface area contributed by atoms with Crippen LogP contribution >= 0.6 is 23.6 Å². The van der Waals surface area contributed by atoms with Gasteiger partial charge in [-0.25, -0.2) is 4.98 Å². The van der Waals surface area contributed by atoms with Crippen molar-refractivity contribution in [3.8, 4) is 0 Å². The summed E-state index contributed by atoms with van der Waals surface area (Å²) in [6.07, 6.45) is 0. The first-order chi connectivity index (χ1) is 3.43. The first kappa shape index (κ1) is 4.87. The van der Waals surface area contributed by atoms with Crippen molar-refractivity contribution < 1.29 is 0 Å². The minimum absolute atomic E-state index is 0.889. The Labute approximate surface area is 51.0 Å². The summed E-state index contributed by atoms with van der Waals surface area (Å²) in [5, 5.41) is 3.48. The van der Waals surface area contributed by atoms with Crippen molar-refractivity contribution in [2.24, 2.45) is 0 Å². The Hall–Kier alpha value is -0.280. The normalized spacial score (nSPS) is 8.57. The molecule has 1 rings (SSSR count). The molecule has 7 heavy (non-hydrogen) atoms. The molecule has 0 spiro atoms. The number of aromatic nitrogens is 1. The van der Waals surface area contributed by atoms with Crippen LogP contribution in [0.3, 0.4) is 0 Å². The van der Waals surface area contributed by atoms with Gasteiger partial charge in [-0.2, -0.15) is 0 Å². The smallest absolute Gasteiger partial charge is 0.0846 e. The molecule has 0 unspecified atom stereocenters. The van der Waals surface area contributed by atoms with Crippen molar-refractivity contribution in [1.29, 1.82) is 0 Å². The third kappa shape index (κ3) is 1.04. The highest BCUT2D eigenvalue weighted by molar-refractivity contribution is 7.79. The highest BCUT2D eigenvalue weighted by atomic mass is 32.1. The van der Waals surface area contributed by atoms with Crippen molar-refractivity contribution in [2.45, 2.75) is 0 Å². The van der Waals surface area contributed by atoms with Crippen LogP contribution in [-0.2, 0) is 0 Å². The molecule has 1 nitrogen and oxygen atoms in total. The van der Waals surface area contributed by atoms with Crippen molar-refractivity contribution in [3.63, 3.8) is 0 Å². The van der Waals surface area contributed by atoms with E-state index in [9.17, 15) is 0 Å². The lowest BCUT2D eigenvalue weighted by atomic mass is 10.6. The van der Waals surface area contributed by atoms with Crippen molar-refractivity contribution in [3.05, 3.63) is 16.6 Å². The van der Waals surface area contributed by atoms with E-state index in [1.807, 2.05) is 5.38 Å². The van der Waals surface area contributed by atoms with Gasteiger partial charge < -0.3 is 0 Å². The average Bonchev–Trinajstić information content (AvgIpc) is 2.14. The Kier molecular flexibility index (Phi) is 1.49. The molecular weight excluding hydrogens is 126 g/mol. The summed E-state index contributed by atoms with van der Waals surface area (Å²) >= 11 is 6.15. The number of hydrogen-bond donors (Lipinski definition) is 0. The molecular formula is C4H3NS2. The summed E-state index contributed by atoms with van der Waals surface area (Å²) in [5.74, 6) is 0. The van der Waals surface area contributed by atoms with Gasteiger partial charge in [-0.3, -0.25) is 0 Å². The monoisotopic (exact) mass is 129 g/mol. The van der Waals surface area contributed by atoms with Crippen LogP contribution in [0, 0.1) is 0 Å². The van der Waals surface area contributed by atoms with Crippen molar-refractivity contribution >= 4 is 28.9 Å². The fraction of sp³-hybridized carbons (Fsp3) is 0. The van der Waals surface area contributed by atoms with E-state index in [1.165, 1.54) is 0 Å². The average molecular weight is 129 g/mol. The molecule has 0 aliphatic carbocycles. The molecule has 0 fully saturated rings. The van der Waals surface area contributed by atoms with E-state index >= 15 is 0 Å². The quantitative estimate of drug-likeness (QED) is 0.533. The maximum atomic E-state index is 4.59. The highest BCUT2D eigenvalue weighted by Gasteiger charge is 1.81. The maximum Gasteiger partial charge on any atom is 0.0846 e. The van der Waals surface area contributed by atoms with Gasteiger partial charge >= 0.3 is 0 Å². The molecule has 0 saturated carbocycles. The van der Waals surface area contributed by atoms with Gasteiger partial charge in [0.15, 0.2) is 0 Å². The van der Waals surface area contributed by atoms with E-state index in [4.69, 9.17) is 0 Å². The maximum absolute atomic E-state index is 4.59. The minimum Gasteiger partial charge on any atom is -0.244 e. The van der Waals surface area contributed by atoms with Crippen molar-refractivity contribution in [2.75, 3.05) is 0 Å². The second kappa shape index (κ2) is 2.14. The predicted molar refractivity (Wildman–Crippen MR) is 34.9 cm³/mol. The summed E-state index contributed by atoms with van der Waals surface area (Å²) in [7, 11) is 0. The highest BCUT2D eigenvalue weighted by Crippen LogP contribution is 1.95. The molecule has 0 bridgehead atoms. The summed E-state index contributed by atoms with van der Waals surface area (Å²) in [6.45, 7) is 0. The van der Waals surface area contributed by atoms with Gasteiger partial charge in [0.1, 0.15) is 0 Å². The topological polar surface area (TPSA) is 12.9 Å². The Bertz CT molecular complexity index is 145. The van der Waals surface area contributed by atoms with Gasteiger partial charge in [-0.15, -0.1) is 11.3 Å². The molecule has 36 valence electrons. The van der Waals surface area contributed by atoms with Gasteiger partial charge in [-0.05, 0) is 0 Å². The fourth-order valence-corrected chi connectivity index (χ4v) is 1.01. The lowest BCUT2D eigenvalue weighted by Crippen LogP contribution is -1.70. The number of rotatable bonds is 1. The predicted octanol–water partition coefficient (Wildman–Crippen LogP) is 1.49. The van der Waals surface area contributed by atoms with Gasteiger partial charge in [0, 0.05) is 10.7 Å². The fourth-order valence-electron chi connectivity index (χ4n) is 0.280. The Balaban J connectivity index is 2.96. The van der Waals surface area contributed by atoms with E-state index < -0.39 is 0 Å². The molecule has 0 radical (unpaired) electrons. The van der Waals surface area contributed by atoms with Gasteiger partial charge in [0.25, 0.3) is 0 Å². The number of thiazole rings is 1. The lowest BCUT2D eigenvalue weighted by Gasteiger charge is -1.68. The molecule has 0 amide bonds. The Morgan fingerprint density at radius 1 is 1.86 bits per heavy atom. The standard InChI is InChI=1S/C4H3NS2/c6-1-4-2-7-3-5-4/h1-3H. The molecule has 1 aromatic rings. The van der Waals surface area contributed by atoms with Crippen LogP contribution in [0.15, 0.2) is 10.9 Å². The Morgan fingerprint density at radius 3 is 3.00 bits per heavy atom. The third-order valence-electron chi connectivity index (χ3n) is 0.572. The third-order valence-corrected chi connectivity index (χ3v) is 1.42. The zero-order chi connectivity index (χ0) is 5.11. The molecule has 0 aliphatic heterocycles. The molecule has 1 heterocycles. The van der Waals surface area contributed by atoms with Crippen LogP contribution < -0.4 is 0 Å². The van der Waals surface area contributed by atoms with E-state index in [-0.39, 0.29) is 0 Å². The Morgan fingerprint density at radius 2 is 2.71 bits per heavy atom. The molecule has 0 aromatic carbocycles. The number of thiocarbonyl (C=S) groups is 1. The molecule has 0 saturated heterocycles. The number of nitrogens with zero attached hydrogens (tertiary/aromatic N) is 1. The number of hydrogen-bond acceptors (Lipinski definition) is 3. The van der Waals surface area contributed by atoms with Crippen LogP contribution in [0.25, 0.3) is 0 Å². The largest absolute Gasteiger partial charge is 0.244 e. The van der Waals surface area contributed by atoms with Crippen LogP contribution in [0.2, 0.25) is 0 Å². The van der Waals surface area contributed by atoms with Gasteiger partial charge in [0.2, 0.25) is 0 Å². The first-order valence-corrected chi connectivity index (χ1v) is 3.18. The first-order valence-electron chi connectivity index (χ1n) is 1.77. The van der Waals surface area contributed by atoms with E-state index in [0.717, 1.165) is 5.69 Å². The molecule has 3 heteroatoms. The molecule has 0 N–H and O–H groups in total. The summed E-state index contributed by atoms with van der Waals surface area (Å²) in [6, 6.07) is 0. The molecule has 1 aromatic heterocycles. The minimum atomic E-state index is 0.889. The SMILES string of the molecule is S=Cc1cscn1. The molecule has 0 aliphatic rings. The van der Waals surface area contributed by atoms with Crippen LogP contribution in [0.5, 0.6) is 0 Å². The van der Waals surface area contributed by atoms with Crippen LogP contribution in [-0.4, -0.2) is 10.4 Å². The molecule has 0 atom stereocenters.